The lowest BCUT2D eigenvalue weighted by Crippen LogP contribution is -3.00. The van der Waals surface area contributed by atoms with E-state index in [1.165, 1.54) is 47.5 Å². The maximum Gasteiger partial charge on any atom is 0.336 e. The molecule has 1 aromatic heterocycles. The van der Waals surface area contributed by atoms with Crippen LogP contribution in [0, 0.1) is 0 Å². The van der Waals surface area contributed by atoms with Crippen LogP contribution in [-0.4, -0.2) is 13.1 Å². The lowest BCUT2D eigenvalue weighted by atomic mass is 9.95. The summed E-state index contributed by atoms with van der Waals surface area (Å²) in [7, 11) is 4.45. The number of thiazole rings is 1. The van der Waals surface area contributed by atoms with Gasteiger partial charge in [-0.2, -0.15) is 0 Å². The van der Waals surface area contributed by atoms with Crippen molar-refractivity contribution in [3.05, 3.63) is 24.3 Å². The summed E-state index contributed by atoms with van der Waals surface area (Å²) in [5.74, 6) is 0. The Morgan fingerprint density at radius 3 is 2.53 bits per heavy atom. The van der Waals surface area contributed by atoms with Crippen LogP contribution in [0.3, 0.4) is 0 Å². The molecule has 0 amide bonds. The summed E-state index contributed by atoms with van der Waals surface area (Å²) in [5, 5.41) is 1.39. The van der Waals surface area contributed by atoms with Crippen LogP contribution in [0.25, 0.3) is 10.2 Å². The minimum atomic E-state index is 0. The minimum Gasteiger partial charge on any atom is -1.00 e. The second kappa shape index (κ2) is 6.39. The summed E-state index contributed by atoms with van der Waals surface area (Å²) in [6, 6.07) is 9.42. The number of anilines is 1. The lowest BCUT2D eigenvalue weighted by Gasteiger charge is -2.25. The van der Waals surface area contributed by atoms with E-state index in [1.54, 1.807) is 0 Å². The molecular formula is C15H21IN2S. The van der Waals surface area contributed by atoms with Gasteiger partial charge in [0.05, 0.1) is 24.8 Å². The Balaban J connectivity index is 0.00000133. The van der Waals surface area contributed by atoms with Crippen LogP contribution >= 0.6 is 11.3 Å². The van der Waals surface area contributed by atoms with Gasteiger partial charge in [0.2, 0.25) is 0 Å². The van der Waals surface area contributed by atoms with Gasteiger partial charge < -0.3 is 24.0 Å². The van der Waals surface area contributed by atoms with E-state index in [1.807, 2.05) is 11.3 Å². The summed E-state index contributed by atoms with van der Waals surface area (Å²) < 4.78 is 3.73. The number of aromatic nitrogens is 1. The van der Waals surface area contributed by atoms with Crippen molar-refractivity contribution in [2.45, 2.75) is 38.1 Å². The Kier molecular flexibility index (Phi) is 5.06. The molecule has 0 atom stereocenters. The normalized spacial score (nSPS) is 16.3. The Labute approximate surface area is 136 Å². The number of hydrogen-bond donors (Lipinski definition) is 0. The van der Waals surface area contributed by atoms with Crippen LogP contribution in [0.15, 0.2) is 24.3 Å². The van der Waals surface area contributed by atoms with Crippen molar-refractivity contribution in [1.29, 1.82) is 0 Å². The molecule has 0 radical (unpaired) electrons. The molecule has 1 heterocycles. The Morgan fingerprint density at radius 1 is 1.16 bits per heavy atom. The van der Waals surface area contributed by atoms with Gasteiger partial charge in [-0.1, -0.05) is 18.6 Å². The lowest BCUT2D eigenvalue weighted by molar-refractivity contribution is -0.628. The molecule has 1 fully saturated rings. The third-order valence-electron chi connectivity index (χ3n) is 4.14. The highest BCUT2D eigenvalue weighted by molar-refractivity contribution is 7.21. The van der Waals surface area contributed by atoms with Crippen LogP contribution < -0.4 is 33.4 Å². The topological polar surface area (TPSA) is 7.12 Å². The summed E-state index contributed by atoms with van der Waals surface area (Å²) in [6.07, 6.45) is 6.91. The molecule has 1 aliphatic carbocycles. The zero-order chi connectivity index (χ0) is 12.5. The fraction of sp³-hybridized carbons (Fsp3) is 0.533. The van der Waals surface area contributed by atoms with Gasteiger partial charge in [0, 0.05) is 0 Å². The number of rotatable bonds is 2. The second-order valence-corrected chi connectivity index (χ2v) is 6.32. The van der Waals surface area contributed by atoms with E-state index in [9.17, 15) is 0 Å². The van der Waals surface area contributed by atoms with Crippen LogP contribution in [0.1, 0.15) is 32.1 Å². The van der Waals surface area contributed by atoms with Crippen molar-refractivity contribution in [3.8, 4) is 0 Å². The van der Waals surface area contributed by atoms with Gasteiger partial charge in [0.15, 0.2) is 0 Å². The molecule has 0 aliphatic heterocycles. The highest BCUT2D eigenvalue weighted by atomic mass is 127. The molecule has 3 rings (SSSR count). The predicted molar refractivity (Wildman–Crippen MR) is 78.3 cm³/mol. The van der Waals surface area contributed by atoms with E-state index >= 15 is 0 Å². The number of halogens is 1. The zero-order valence-corrected chi connectivity index (χ0v) is 14.6. The third kappa shape index (κ3) is 2.89. The average Bonchev–Trinajstić information content (AvgIpc) is 2.77. The predicted octanol–water partition coefficient (Wildman–Crippen LogP) is 0.499. The van der Waals surface area contributed by atoms with Gasteiger partial charge in [-0.05, 0) is 49.2 Å². The van der Waals surface area contributed by atoms with E-state index in [4.69, 9.17) is 0 Å². The van der Waals surface area contributed by atoms with Crippen LogP contribution in [0.2, 0.25) is 0 Å². The van der Waals surface area contributed by atoms with Crippen LogP contribution in [-0.2, 0) is 7.05 Å². The SMILES string of the molecule is CN(c1sc2ccccc2[n+]1C)C1CCCCC1.[I-]. The third-order valence-corrected chi connectivity index (χ3v) is 5.45. The van der Waals surface area contributed by atoms with Crippen molar-refractivity contribution in [3.63, 3.8) is 0 Å². The quantitative estimate of drug-likeness (QED) is 0.537. The Morgan fingerprint density at radius 2 is 1.84 bits per heavy atom. The maximum absolute atomic E-state index is 2.50. The molecule has 2 aromatic rings. The molecule has 1 aromatic carbocycles. The van der Waals surface area contributed by atoms with Crippen molar-refractivity contribution in [2.75, 3.05) is 11.9 Å². The molecule has 0 N–H and O–H groups in total. The van der Waals surface area contributed by atoms with Crippen LogP contribution in [0.5, 0.6) is 0 Å². The van der Waals surface area contributed by atoms with E-state index in [-0.39, 0.29) is 24.0 Å². The van der Waals surface area contributed by atoms with E-state index < -0.39 is 0 Å². The number of hydrogen-bond acceptors (Lipinski definition) is 2. The fourth-order valence-corrected chi connectivity index (χ4v) is 4.20. The first kappa shape index (κ1) is 15.0. The molecular weight excluding hydrogens is 367 g/mol. The monoisotopic (exact) mass is 388 g/mol. The van der Waals surface area contributed by atoms with Crippen molar-refractivity contribution < 1.29 is 28.5 Å². The van der Waals surface area contributed by atoms with E-state index in [0.717, 1.165) is 6.04 Å². The molecule has 0 spiro atoms. The molecule has 1 aliphatic rings. The summed E-state index contributed by atoms with van der Waals surface area (Å²) in [6.45, 7) is 0. The maximum atomic E-state index is 2.50. The fourth-order valence-electron chi connectivity index (χ4n) is 3.02. The largest absolute Gasteiger partial charge is 1.00 e. The standard InChI is InChI=1S/C15H21N2S.HI/c1-16(12-8-4-3-5-9-12)15-17(2)13-10-6-7-11-14(13)18-15;/h6-7,10-12H,3-5,8-9H2,1-2H3;1H/q+1;/p-1. The first-order valence-corrected chi connectivity index (χ1v) is 7.69. The van der Waals surface area contributed by atoms with Gasteiger partial charge in [0.25, 0.3) is 0 Å². The number of fused-ring (bicyclic) bond motifs is 1. The van der Waals surface area contributed by atoms with Gasteiger partial charge in [-0.3, -0.25) is 4.90 Å². The zero-order valence-electron chi connectivity index (χ0n) is 11.6. The molecule has 104 valence electrons. The van der Waals surface area contributed by atoms with E-state index in [2.05, 4.69) is 47.8 Å². The highest BCUT2D eigenvalue weighted by Gasteiger charge is 2.28. The molecule has 0 unspecified atom stereocenters. The summed E-state index contributed by atoms with van der Waals surface area (Å²) in [5.41, 5.74) is 1.35. The molecule has 2 nitrogen and oxygen atoms in total. The van der Waals surface area contributed by atoms with Gasteiger partial charge in [0.1, 0.15) is 5.52 Å². The summed E-state index contributed by atoms with van der Waals surface area (Å²) >= 11 is 1.91. The van der Waals surface area contributed by atoms with E-state index in [0.29, 0.717) is 0 Å². The van der Waals surface area contributed by atoms with Crippen molar-refractivity contribution >= 4 is 26.7 Å². The molecule has 4 heteroatoms. The molecule has 0 saturated heterocycles. The van der Waals surface area contributed by atoms with Crippen LogP contribution in [0.4, 0.5) is 5.13 Å². The number of para-hydroxylation sites is 1. The van der Waals surface area contributed by atoms with Gasteiger partial charge >= 0.3 is 5.13 Å². The van der Waals surface area contributed by atoms with Gasteiger partial charge in [-0.15, -0.1) is 0 Å². The van der Waals surface area contributed by atoms with Crippen molar-refractivity contribution in [2.24, 2.45) is 7.05 Å². The Bertz CT molecular complexity index is 546. The number of aryl methyl sites for hydroxylation is 1. The smallest absolute Gasteiger partial charge is 0.336 e. The van der Waals surface area contributed by atoms with Crippen molar-refractivity contribution in [1.82, 2.24) is 0 Å². The van der Waals surface area contributed by atoms with Gasteiger partial charge in [-0.25, -0.2) is 4.57 Å². The first-order valence-electron chi connectivity index (χ1n) is 6.88. The molecule has 19 heavy (non-hydrogen) atoms. The first-order chi connectivity index (χ1) is 8.77. The average molecular weight is 388 g/mol. The molecule has 1 saturated carbocycles. The Hall–Kier alpha value is -0.360. The number of benzene rings is 1. The number of nitrogens with zero attached hydrogens (tertiary/aromatic N) is 2. The molecule has 0 bridgehead atoms. The summed E-state index contributed by atoms with van der Waals surface area (Å²) in [4.78, 5) is 2.50. The minimum absolute atomic E-state index is 0. The highest BCUT2D eigenvalue weighted by Crippen LogP contribution is 2.30. The second-order valence-electron chi connectivity index (χ2n) is 5.31.